The molecule has 0 aliphatic rings. The number of rotatable bonds is 5. The van der Waals surface area contributed by atoms with E-state index in [1.807, 2.05) is 0 Å². The van der Waals surface area contributed by atoms with Crippen LogP contribution in [0, 0.1) is 6.92 Å². The van der Waals surface area contributed by atoms with Gasteiger partial charge in [-0.2, -0.15) is 13.2 Å². The van der Waals surface area contributed by atoms with Gasteiger partial charge in [-0.1, -0.05) is 11.8 Å². The number of hydrogen-bond acceptors (Lipinski definition) is 6. The number of hydrogen-bond donors (Lipinski definition) is 2. The Kier molecular flexibility index (Phi) is 4.64. The molecule has 2 aromatic heterocycles. The van der Waals surface area contributed by atoms with Crippen molar-refractivity contribution in [2.75, 3.05) is 18.1 Å². The highest BCUT2D eigenvalue weighted by Gasteiger charge is 2.27. The lowest BCUT2D eigenvalue weighted by Crippen LogP contribution is -2.34. The van der Waals surface area contributed by atoms with E-state index in [4.69, 9.17) is 10.3 Å². The predicted octanol–water partition coefficient (Wildman–Crippen LogP) is 1.33. The Labute approximate surface area is 127 Å². The number of halogens is 3. The number of thioether (sulfide) groups is 1. The largest absolute Gasteiger partial charge is 0.469 e. The molecule has 22 heavy (non-hydrogen) atoms. The predicted molar refractivity (Wildman–Crippen MR) is 72.4 cm³/mol. The minimum Gasteiger partial charge on any atom is -0.469 e. The van der Waals surface area contributed by atoms with Gasteiger partial charge in [-0.15, -0.1) is 10.2 Å². The summed E-state index contributed by atoms with van der Waals surface area (Å²) < 4.78 is 42.2. The number of nitrogens with one attached hydrogen (secondary N) is 1. The normalized spacial score (nSPS) is 11.6. The van der Waals surface area contributed by atoms with Crippen LogP contribution < -0.4 is 11.2 Å². The van der Waals surface area contributed by atoms with Crippen LogP contribution in [-0.2, 0) is 4.79 Å². The molecule has 3 N–H and O–H groups in total. The monoisotopic (exact) mass is 335 g/mol. The number of amides is 1. The van der Waals surface area contributed by atoms with Gasteiger partial charge in [0.1, 0.15) is 12.3 Å². The zero-order chi connectivity index (χ0) is 16.3. The van der Waals surface area contributed by atoms with Gasteiger partial charge in [0, 0.05) is 0 Å². The first-order valence-electron chi connectivity index (χ1n) is 5.99. The first-order valence-corrected chi connectivity index (χ1v) is 6.97. The second-order valence-electron chi connectivity index (χ2n) is 4.25. The van der Waals surface area contributed by atoms with Gasteiger partial charge >= 0.3 is 6.18 Å². The molecule has 0 spiro atoms. The van der Waals surface area contributed by atoms with Gasteiger partial charge in [-0.3, -0.25) is 4.79 Å². The van der Waals surface area contributed by atoms with Crippen molar-refractivity contribution in [2.24, 2.45) is 0 Å². The summed E-state index contributed by atoms with van der Waals surface area (Å²) in [4.78, 5) is 11.3. The Morgan fingerprint density at radius 2 is 2.23 bits per heavy atom. The van der Waals surface area contributed by atoms with Crippen LogP contribution in [0.25, 0.3) is 11.4 Å². The van der Waals surface area contributed by atoms with E-state index in [0.29, 0.717) is 17.1 Å². The van der Waals surface area contributed by atoms with Crippen molar-refractivity contribution in [3.8, 4) is 11.4 Å². The van der Waals surface area contributed by atoms with Crippen LogP contribution in [0.3, 0.4) is 0 Å². The number of alkyl halides is 3. The molecule has 2 aromatic rings. The van der Waals surface area contributed by atoms with E-state index in [1.165, 1.54) is 6.26 Å². The summed E-state index contributed by atoms with van der Waals surface area (Å²) in [5, 5.41) is 9.64. The van der Waals surface area contributed by atoms with Crippen molar-refractivity contribution in [3.05, 3.63) is 18.1 Å². The van der Waals surface area contributed by atoms with Crippen LogP contribution in [0.2, 0.25) is 0 Å². The average Bonchev–Trinajstić information content (AvgIpc) is 2.99. The summed E-state index contributed by atoms with van der Waals surface area (Å²) in [7, 11) is 0. The third kappa shape index (κ3) is 3.93. The molecular formula is C11H12F3N5O2S. The molecule has 0 radical (unpaired) electrons. The van der Waals surface area contributed by atoms with E-state index in [0.717, 1.165) is 16.4 Å². The molecule has 0 saturated heterocycles. The molecule has 0 atom stereocenters. The number of nitrogen functional groups attached to an aromatic ring is 1. The Morgan fingerprint density at radius 1 is 1.50 bits per heavy atom. The van der Waals surface area contributed by atoms with Gasteiger partial charge in [-0.25, -0.2) is 4.68 Å². The van der Waals surface area contributed by atoms with E-state index in [9.17, 15) is 18.0 Å². The number of nitrogens with zero attached hydrogens (tertiary/aromatic N) is 3. The molecular weight excluding hydrogens is 323 g/mol. The first kappa shape index (κ1) is 16.2. The third-order valence-electron chi connectivity index (χ3n) is 2.58. The summed E-state index contributed by atoms with van der Waals surface area (Å²) in [5.74, 6) is 5.72. The lowest BCUT2D eigenvalue weighted by atomic mass is 10.2. The number of aryl methyl sites for hydroxylation is 1. The van der Waals surface area contributed by atoms with Crippen molar-refractivity contribution in [1.29, 1.82) is 0 Å². The Balaban J connectivity index is 1.96. The second-order valence-corrected chi connectivity index (χ2v) is 5.19. The first-order chi connectivity index (χ1) is 10.3. The quantitative estimate of drug-likeness (QED) is 0.632. The Morgan fingerprint density at radius 3 is 2.82 bits per heavy atom. The molecule has 0 saturated carbocycles. The van der Waals surface area contributed by atoms with Gasteiger partial charge in [0.15, 0.2) is 5.82 Å². The zero-order valence-electron chi connectivity index (χ0n) is 11.3. The summed E-state index contributed by atoms with van der Waals surface area (Å²) in [6.45, 7) is 0.350. The fourth-order valence-electron chi connectivity index (χ4n) is 1.56. The van der Waals surface area contributed by atoms with Gasteiger partial charge in [-0.05, 0) is 13.0 Å². The maximum absolute atomic E-state index is 12.0. The van der Waals surface area contributed by atoms with Crippen LogP contribution in [-0.4, -0.2) is 39.3 Å². The number of aromatic nitrogens is 3. The molecule has 0 aromatic carbocycles. The van der Waals surface area contributed by atoms with Crippen LogP contribution in [0.15, 0.2) is 21.9 Å². The highest BCUT2D eigenvalue weighted by atomic mass is 32.2. The zero-order valence-corrected chi connectivity index (χ0v) is 12.2. The fraction of sp³-hybridized carbons (Fsp3) is 0.364. The molecule has 11 heteroatoms. The van der Waals surface area contributed by atoms with Crippen molar-refractivity contribution >= 4 is 17.7 Å². The SMILES string of the molecule is Cc1occc1-c1nnc(SCC(=O)NCC(F)(F)F)n1N. The van der Waals surface area contributed by atoms with Gasteiger partial charge in [0.25, 0.3) is 0 Å². The molecule has 2 rings (SSSR count). The lowest BCUT2D eigenvalue weighted by molar-refractivity contribution is -0.136. The summed E-state index contributed by atoms with van der Waals surface area (Å²) in [6, 6.07) is 1.66. The molecule has 1 amide bonds. The summed E-state index contributed by atoms with van der Waals surface area (Å²) in [6.07, 6.45) is -2.98. The van der Waals surface area contributed by atoms with E-state index in [2.05, 4.69) is 10.2 Å². The molecule has 0 aliphatic heterocycles. The van der Waals surface area contributed by atoms with E-state index in [-0.39, 0.29) is 10.9 Å². The van der Waals surface area contributed by atoms with E-state index in [1.54, 1.807) is 18.3 Å². The summed E-state index contributed by atoms with van der Waals surface area (Å²) in [5.41, 5.74) is 0.642. The van der Waals surface area contributed by atoms with Crippen molar-refractivity contribution in [1.82, 2.24) is 20.2 Å². The number of carbonyl (C=O) groups excluding carboxylic acids is 1. The molecule has 120 valence electrons. The third-order valence-corrected chi connectivity index (χ3v) is 3.53. The molecule has 0 bridgehead atoms. The standard InChI is InChI=1S/C11H12F3N5O2S/c1-6-7(2-3-21-6)9-17-18-10(19(9)15)22-4-8(20)16-5-11(12,13)14/h2-3H,4-5,15H2,1H3,(H,16,20). The molecule has 0 fully saturated rings. The highest BCUT2D eigenvalue weighted by molar-refractivity contribution is 7.99. The Bertz CT molecular complexity index is 667. The second kappa shape index (κ2) is 6.30. The van der Waals surface area contributed by atoms with Crippen LogP contribution >= 0.6 is 11.8 Å². The molecule has 0 aliphatic carbocycles. The van der Waals surface area contributed by atoms with Gasteiger partial charge in [0.2, 0.25) is 11.1 Å². The number of nitrogens with two attached hydrogens (primary N) is 1. The molecule has 7 nitrogen and oxygen atoms in total. The number of furan rings is 1. The topological polar surface area (TPSA) is 99.0 Å². The maximum atomic E-state index is 12.0. The summed E-state index contributed by atoms with van der Waals surface area (Å²) >= 11 is 0.884. The maximum Gasteiger partial charge on any atom is 0.405 e. The van der Waals surface area contributed by atoms with Gasteiger partial charge in [0.05, 0.1) is 17.6 Å². The lowest BCUT2D eigenvalue weighted by Gasteiger charge is -2.07. The van der Waals surface area contributed by atoms with Crippen molar-refractivity contribution in [3.63, 3.8) is 0 Å². The minimum absolute atomic E-state index is 0.206. The smallest absolute Gasteiger partial charge is 0.405 e. The van der Waals surface area contributed by atoms with Gasteiger partial charge < -0.3 is 15.6 Å². The van der Waals surface area contributed by atoms with Crippen LogP contribution in [0.4, 0.5) is 13.2 Å². The minimum atomic E-state index is -4.44. The molecule has 2 heterocycles. The Hall–Kier alpha value is -2.17. The van der Waals surface area contributed by atoms with Crippen molar-refractivity contribution in [2.45, 2.75) is 18.3 Å². The average molecular weight is 335 g/mol. The number of carbonyl (C=O) groups is 1. The van der Waals surface area contributed by atoms with E-state index >= 15 is 0 Å². The highest BCUT2D eigenvalue weighted by Crippen LogP contribution is 2.24. The molecule has 0 unspecified atom stereocenters. The van der Waals surface area contributed by atoms with Crippen molar-refractivity contribution < 1.29 is 22.4 Å². The van der Waals surface area contributed by atoms with Crippen LogP contribution in [0.5, 0.6) is 0 Å². The fourth-order valence-corrected chi connectivity index (χ4v) is 2.24. The van der Waals surface area contributed by atoms with E-state index < -0.39 is 18.6 Å². The van der Waals surface area contributed by atoms with Crippen LogP contribution in [0.1, 0.15) is 5.76 Å².